The van der Waals surface area contributed by atoms with Gasteiger partial charge in [0.05, 0.1) is 0 Å². The minimum Gasteiger partial charge on any atom is -0.280 e. The summed E-state index contributed by atoms with van der Waals surface area (Å²) in [5.74, 6) is 0.620. The first-order chi connectivity index (χ1) is 5.27. The van der Waals surface area contributed by atoms with Crippen molar-refractivity contribution in [2.75, 3.05) is 0 Å². The average molecular weight is 166 g/mol. The van der Waals surface area contributed by atoms with Crippen LogP contribution in [0, 0.1) is 11.6 Å². The van der Waals surface area contributed by atoms with E-state index in [9.17, 15) is 0 Å². The molecule has 0 atom stereocenters. The van der Waals surface area contributed by atoms with Gasteiger partial charge in [-0.25, -0.2) is 14.5 Å². The highest BCUT2D eigenvalue weighted by atomic mass is 32.1. The average Bonchev–Trinajstić information content (AvgIpc) is 2.34. The molecule has 0 amide bonds. The number of rotatable bonds is 0. The molecule has 5 heteroatoms. The fourth-order valence-corrected chi connectivity index (χ4v) is 1.24. The molecule has 0 radical (unpaired) electrons. The second kappa shape index (κ2) is 2.13. The molecule has 0 saturated heterocycles. The number of nitrogens with one attached hydrogen (secondary N) is 1. The maximum Gasteiger partial charge on any atom is 0.251 e. The lowest BCUT2D eigenvalue weighted by atomic mass is 10.5. The van der Waals surface area contributed by atoms with Gasteiger partial charge in [0.25, 0.3) is 5.78 Å². The minimum atomic E-state index is 0.620. The maximum atomic E-state index is 5.05. The summed E-state index contributed by atoms with van der Waals surface area (Å²) in [7, 11) is 0. The van der Waals surface area contributed by atoms with Gasteiger partial charge in [-0.15, -0.1) is 0 Å². The van der Waals surface area contributed by atoms with Crippen LogP contribution in [-0.4, -0.2) is 19.6 Å². The summed E-state index contributed by atoms with van der Waals surface area (Å²) in [5, 5.41) is 2.85. The van der Waals surface area contributed by atoms with Crippen LogP contribution in [0.5, 0.6) is 0 Å². The molecule has 0 aliphatic carbocycles. The van der Waals surface area contributed by atoms with Crippen LogP contribution in [0.2, 0.25) is 0 Å². The molecular weight excluding hydrogens is 160 g/mol. The molecule has 0 unspecified atom stereocenters. The Morgan fingerprint density at radius 1 is 1.64 bits per heavy atom. The van der Waals surface area contributed by atoms with Gasteiger partial charge in [-0.3, -0.25) is 5.10 Å². The lowest BCUT2D eigenvalue weighted by Crippen LogP contribution is -1.93. The van der Waals surface area contributed by atoms with Crippen LogP contribution >= 0.6 is 12.2 Å². The Labute approximate surface area is 67.9 Å². The first-order valence-corrected chi connectivity index (χ1v) is 3.58. The van der Waals surface area contributed by atoms with E-state index in [4.69, 9.17) is 12.2 Å². The molecule has 0 aromatic carbocycles. The third-order valence-electron chi connectivity index (χ3n) is 1.40. The zero-order valence-electron chi connectivity index (χ0n) is 5.90. The lowest BCUT2D eigenvalue weighted by molar-refractivity contribution is 0.914. The highest BCUT2D eigenvalue weighted by Gasteiger charge is 1.96. The Morgan fingerprint density at radius 3 is 3.27 bits per heavy atom. The van der Waals surface area contributed by atoms with Crippen molar-refractivity contribution in [3.8, 4) is 0 Å². The Kier molecular flexibility index (Phi) is 1.25. The van der Waals surface area contributed by atoms with Crippen LogP contribution in [-0.2, 0) is 0 Å². The zero-order chi connectivity index (χ0) is 7.84. The predicted molar refractivity (Wildman–Crippen MR) is 42.9 cm³/mol. The van der Waals surface area contributed by atoms with Crippen LogP contribution in [0.4, 0.5) is 0 Å². The summed E-state index contributed by atoms with van der Waals surface area (Å²) < 4.78 is 2.35. The molecule has 0 aliphatic heterocycles. The molecule has 2 aromatic rings. The van der Waals surface area contributed by atoms with Crippen molar-refractivity contribution >= 4 is 18.0 Å². The molecule has 2 heterocycles. The van der Waals surface area contributed by atoms with E-state index >= 15 is 0 Å². The van der Waals surface area contributed by atoms with E-state index < -0.39 is 0 Å². The number of aromatic amines is 1. The molecule has 0 aliphatic rings. The fraction of sp³-hybridized carbons (Fsp3) is 0.167. The number of aryl methyl sites for hydroxylation is 1. The molecule has 2 aromatic heterocycles. The number of hydrogen-bond donors (Lipinski definition) is 1. The summed E-state index contributed by atoms with van der Waals surface area (Å²) in [4.78, 5) is 8.12. The van der Waals surface area contributed by atoms with Crippen molar-refractivity contribution < 1.29 is 0 Å². The van der Waals surface area contributed by atoms with Gasteiger partial charge < -0.3 is 0 Å². The van der Waals surface area contributed by atoms with E-state index in [0.717, 1.165) is 5.69 Å². The second-order valence-corrected chi connectivity index (χ2v) is 2.68. The molecule has 0 fully saturated rings. The summed E-state index contributed by atoms with van der Waals surface area (Å²) >= 11 is 5.05. The first-order valence-electron chi connectivity index (χ1n) is 3.17. The smallest absolute Gasteiger partial charge is 0.251 e. The van der Waals surface area contributed by atoms with Crippen LogP contribution < -0.4 is 0 Å². The normalized spacial score (nSPS) is 10.6. The molecular formula is C6H6N4S. The third kappa shape index (κ3) is 0.932. The van der Waals surface area contributed by atoms with E-state index in [1.807, 2.05) is 13.0 Å². The topological polar surface area (TPSA) is 46.0 Å². The maximum absolute atomic E-state index is 5.05. The fourth-order valence-electron chi connectivity index (χ4n) is 0.934. The van der Waals surface area contributed by atoms with Gasteiger partial charge in [-0.1, -0.05) is 12.2 Å². The Balaban J connectivity index is 3.02. The minimum absolute atomic E-state index is 0.620. The molecule has 1 N–H and O–H groups in total. The lowest BCUT2D eigenvalue weighted by Gasteiger charge is -1.92. The van der Waals surface area contributed by atoms with Gasteiger partial charge in [-0.05, 0) is 13.0 Å². The first kappa shape index (κ1) is 6.48. The van der Waals surface area contributed by atoms with Crippen molar-refractivity contribution in [1.29, 1.82) is 0 Å². The van der Waals surface area contributed by atoms with Gasteiger partial charge in [0, 0.05) is 5.69 Å². The van der Waals surface area contributed by atoms with Crippen LogP contribution in [0.15, 0.2) is 12.4 Å². The van der Waals surface area contributed by atoms with Crippen LogP contribution in [0.25, 0.3) is 5.78 Å². The van der Waals surface area contributed by atoms with E-state index in [1.165, 1.54) is 0 Å². The second-order valence-electron chi connectivity index (χ2n) is 2.26. The van der Waals surface area contributed by atoms with Gasteiger partial charge in [0.2, 0.25) is 0 Å². The number of H-pyrrole nitrogens is 1. The molecule has 0 spiro atoms. The summed E-state index contributed by atoms with van der Waals surface area (Å²) in [6.07, 6.45) is 1.57. The van der Waals surface area contributed by atoms with E-state index in [2.05, 4.69) is 15.1 Å². The molecule has 2 rings (SSSR count). The van der Waals surface area contributed by atoms with Gasteiger partial charge in [0.1, 0.15) is 11.0 Å². The van der Waals surface area contributed by atoms with E-state index in [-0.39, 0.29) is 0 Å². The number of fused-ring (bicyclic) bond motifs is 1. The predicted octanol–water partition coefficient (Wildman–Crippen LogP) is 1.10. The number of hydrogen-bond acceptors (Lipinski definition) is 3. The highest BCUT2D eigenvalue weighted by Crippen LogP contribution is 1.98. The molecule has 0 saturated carbocycles. The van der Waals surface area contributed by atoms with Crippen molar-refractivity contribution in [3.63, 3.8) is 0 Å². The van der Waals surface area contributed by atoms with Crippen molar-refractivity contribution in [2.24, 2.45) is 0 Å². The van der Waals surface area contributed by atoms with Gasteiger partial charge in [0.15, 0.2) is 0 Å². The van der Waals surface area contributed by atoms with E-state index in [0.29, 0.717) is 10.4 Å². The largest absolute Gasteiger partial charge is 0.280 e. The van der Waals surface area contributed by atoms with Crippen LogP contribution in [0.1, 0.15) is 5.69 Å². The van der Waals surface area contributed by atoms with Crippen LogP contribution in [0.3, 0.4) is 0 Å². The van der Waals surface area contributed by atoms with Crippen molar-refractivity contribution in [3.05, 3.63) is 22.7 Å². The number of aromatic nitrogens is 4. The SMILES string of the molecule is Cc1cc(=S)n2[nH]cnc2n1. The molecule has 11 heavy (non-hydrogen) atoms. The summed E-state index contributed by atoms with van der Waals surface area (Å²) in [5.41, 5.74) is 0.891. The van der Waals surface area contributed by atoms with Gasteiger partial charge in [-0.2, -0.15) is 0 Å². The molecule has 56 valence electrons. The standard InChI is InChI=1S/C6H6N4S/c1-4-2-5(11)10-6(9-4)7-3-8-10/h2-3H,1H3,(H,7,8,9). The van der Waals surface area contributed by atoms with Crippen molar-refractivity contribution in [2.45, 2.75) is 6.92 Å². The summed E-state index contributed by atoms with van der Waals surface area (Å²) in [6, 6.07) is 1.82. The Hall–Kier alpha value is -1.23. The van der Waals surface area contributed by atoms with E-state index in [1.54, 1.807) is 10.8 Å². The molecule has 0 bridgehead atoms. The quantitative estimate of drug-likeness (QED) is 0.596. The van der Waals surface area contributed by atoms with Crippen molar-refractivity contribution in [1.82, 2.24) is 19.6 Å². The Bertz CT molecular complexity index is 441. The van der Waals surface area contributed by atoms with Gasteiger partial charge >= 0.3 is 0 Å². The Morgan fingerprint density at radius 2 is 2.45 bits per heavy atom. The third-order valence-corrected chi connectivity index (χ3v) is 1.70. The summed E-state index contributed by atoms with van der Waals surface area (Å²) in [6.45, 7) is 1.89. The zero-order valence-corrected chi connectivity index (χ0v) is 6.72. The monoisotopic (exact) mass is 166 g/mol. The highest BCUT2D eigenvalue weighted by molar-refractivity contribution is 7.71. The number of nitrogens with zero attached hydrogens (tertiary/aromatic N) is 3. The molecule has 4 nitrogen and oxygen atoms in total.